The van der Waals surface area contributed by atoms with Gasteiger partial charge in [0.2, 0.25) is 0 Å². The third-order valence-electron chi connectivity index (χ3n) is 2.63. The summed E-state index contributed by atoms with van der Waals surface area (Å²) in [4.78, 5) is 0. The first-order valence-electron chi connectivity index (χ1n) is 5.03. The van der Waals surface area contributed by atoms with E-state index in [-0.39, 0.29) is 17.9 Å². The van der Waals surface area contributed by atoms with Gasteiger partial charge >= 0.3 is 0 Å². The predicted molar refractivity (Wildman–Crippen MR) is 52.6 cm³/mol. The van der Waals surface area contributed by atoms with Crippen LogP contribution in [0.25, 0.3) is 0 Å². The highest BCUT2D eigenvalue weighted by Crippen LogP contribution is 2.24. The number of ether oxygens (including phenoxy) is 1. The van der Waals surface area contributed by atoms with Gasteiger partial charge < -0.3 is 10.5 Å². The highest BCUT2D eigenvalue weighted by Gasteiger charge is 2.25. The summed E-state index contributed by atoms with van der Waals surface area (Å²) in [6.07, 6.45) is 2.64. The van der Waals surface area contributed by atoms with Gasteiger partial charge in [-0.1, -0.05) is 0 Å². The first kappa shape index (κ1) is 10.4. The van der Waals surface area contributed by atoms with Gasteiger partial charge in [-0.2, -0.15) is 0 Å². The van der Waals surface area contributed by atoms with Crippen LogP contribution in [0.5, 0.6) is 5.75 Å². The number of benzene rings is 1. The Morgan fingerprint density at radius 3 is 2.33 bits per heavy atom. The quantitative estimate of drug-likeness (QED) is 0.817. The minimum absolute atomic E-state index is 0.0312. The average Bonchev–Trinajstić information content (AvgIpc) is 2.50. The molecule has 2 rings (SSSR count). The Morgan fingerprint density at radius 1 is 1.13 bits per heavy atom. The zero-order chi connectivity index (χ0) is 10.8. The smallest absolute Gasteiger partial charge is 0.129 e. The third-order valence-corrected chi connectivity index (χ3v) is 2.63. The van der Waals surface area contributed by atoms with Crippen molar-refractivity contribution in [3.63, 3.8) is 0 Å². The van der Waals surface area contributed by atoms with Crippen molar-refractivity contribution in [3.8, 4) is 5.75 Å². The molecule has 0 heterocycles. The van der Waals surface area contributed by atoms with Crippen LogP contribution in [0.3, 0.4) is 0 Å². The summed E-state index contributed by atoms with van der Waals surface area (Å²) in [6.45, 7) is 0. The fourth-order valence-electron chi connectivity index (χ4n) is 1.87. The van der Waals surface area contributed by atoms with Crippen LogP contribution in [0.15, 0.2) is 18.2 Å². The van der Waals surface area contributed by atoms with Crippen LogP contribution >= 0.6 is 0 Å². The molecule has 1 aromatic carbocycles. The van der Waals surface area contributed by atoms with E-state index in [1.54, 1.807) is 0 Å². The molecule has 4 heteroatoms. The van der Waals surface area contributed by atoms with E-state index in [1.165, 1.54) is 12.1 Å². The SMILES string of the molecule is N[C@H]1CCC[C@H]1Oc1cc(F)cc(F)c1. The zero-order valence-corrected chi connectivity index (χ0v) is 8.25. The lowest BCUT2D eigenvalue weighted by Gasteiger charge is -2.17. The average molecular weight is 213 g/mol. The van der Waals surface area contributed by atoms with E-state index in [9.17, 15) is 8.78 Å². The molecule has 0 bridgehead atoms. The van der Waals surface area contributed by atoms with Crippen LogP contribution in [0.2, 0.25) is 0 Å². The molecular formula is C11H13F2NO. The Balaban J connectivity index is 2.10. The second-order valence-electron chi connectivity index (χ2n) is 3.86. The molecular weight excluding hydrogens is 200 g/mol. The van der Waals surface area contributed by atoms with Crippen LogP contribution in [0.1, 0.15) is 19.3 Å². The maximum Gasteiger partial charge on any atom is 0.129 e. The van der Waals surface area contributed by atoms with E-state index in [1.807, 2.05) is 0 Å². The Labute approximate surface area is 87.0 Å². The molecule has 0 saturated heterocycles. The summed E-state index contributed by atoms with van der Waals surface area (Å²) in [5.74, 6) is -1.04. The Kier molecular flexibility index (Phi) is 2.86. The van der Waals surface area contributed by atoms with Crippen molar-refractivity contribution in [2.45, 2.75) is 31.4 Å². The van der Waals surface area contributed by atoms with Crippen molar-refractivity contribution in [3.05, 3.63) is 29.8 Å². The van der Waals surface area contributed by atoms with Crippen LogP contribution in [-0.4, -0.2) is 12.1 Å². The fraction of sp³-hybridized carbons (Fsp3) is 0.455. The Hall–Kier alpha value is -1.16. The fourth-order valence-corrected chi connectivity index (χ4v) is 1.87. The maximum atomic E-state index is 12.8. The molecule has 0 unspecified atom stereocenters. The normalized spacial score (nSPS) is 25.5. The second-order valence-corrected chi connectivity index (χ2v) is 3.86. The van der Waals surface area contributed by atoms with Crippen molar-refractivity contribution in [2.24, 2.45) is 5.73 Å². The van der Waals surface area contributed by atoms with Crippen LogP contribution in [-0.2, 0) is 0 Å². The maximum absolute atomic E-state index is 12.8. The number of halogens is 2. The van der Waals surface area contributed by atoms with Crippen molar-refractivity contribution < 1.29 is 13.5 Å². The summed E-state index contributed by atoms with van der Waals surface area (Å²) in [5.41, 5.74) is 5.79. The molecule has 2 atom stereocenters. The van der Waals surface area contributed by atoms with Gasteiger partial charge in [-0.05, 0) is 19.3 Å². The van der Waals surface area contributed by atoms with Gasteiger partial charge in [-0.3, -0.25) is 0 Å². The van der Waals surface area contributed by atoms with E-state index >= 15 is 0 Å². The summed E-state index contributed by atoms with van der Waals surface area (Å²) < 4.78 is 31.1. The molecule has 0 amide bonds. The second kappa shape index (κ2) is 4.14. The Morgan fingerprint density at radius 2 is 1.80 bits per heavy atom. The third kappa shape index (κ3) is 2.45. The van der Waals surface area contributed by atoms with Gasteiger partial charge in [0.15, 0.2) is 0 Å². The van der Waals surface area contributed by atoms with E-state index in [2.05, 4.69) is 0 Å². The van der Waals surface area contributed by atoms with Gasteiger partial charge in [0.1, 0.15) is 23.5 Å². The molecule has 0 aromatic heterocycles. The van der Waals surface area contributed by atoms with Gasteiger partial charge in [0.25, 0.3) is 0 Å². The lowest BCUT2D eigenvalue weighted by atomic mass is 10.2. The first-order valence-corrected chi connectivity index (χ1v) is 5.03. The van der Waals surface area contributed by atoms with Crippen molar-refractivity contribution in [2.75, 3.05) is 0 Å². The van der Waals surface area contributed by atoms with E-state index in [0.717, 1.165) is 25.3 Å². The van der Waals surface area contributed by atoms with Crippen LogP contribution in [0, 0.1) is 11.6 Å². The van der Waals surface area contributed by atoms with Crippen LogP contribution in [0.4, 0.5) is 8.78 Å². The molecule has 15 heavy (non-hydrogen) atoms. The zero-order valence-electron chi connectivity index (χ0n) is 8.25. The van der Waals surface area contributed by atoms with Gasteiger partial charge in [0, 0.05) is 24.2 Å². The number of hydrogen-bond acceptors (Lipinski definition) is 2. The standard InChI is InChI=1S/C11H13F2NO/c12-7-4-8(13)6-9(5-7)15-11-3-1-2-10(11)14/h4-6,10-11H,1-3,14H2/t10-,11+/m0/s1. The number of hydrogen-bond donors (Lipinski definition) is 1. The molecule has 1 aromatic rings. The molecule has 2 nitrogen and oxygen atoms in total. The van der Waals surface area contributed by atoms with Gasteiger partial charge in [0.05, 0.1) is 0 Å². The molecule has 1 aliphatic carbocycles. The van der Waals surface area contributed by atoms with Crippen molar-refractivity contribution in [1.29, 1.82) is 0 Å². The summed E-state index contributed by atoms with van der Waals surface area (Å²) in [6, 6.07) is 3.14. The van der Waals surface area contributed by atoms with E-state index in [4.69, 9.17) is 10.5 Å². The molecule has 1 aliphatic rings. The monoisotopic (exact) mass is 213 g/mol. The highest BCUT2D eigenvalue weighted by molar-refractivity contribution is 5.24. The topological polar surface area (TPSA) is 35.2 Å². The van der Waals surface area contributed by atoms with E-state index < -0.39 is 11.6 Å². The van der Waals surface area contributed by atoms with Crippen LogP contribution < -0.4 is 10.5 Å². The molecule has 82 valence electrons. The van der Waals surface area contributed by atoms with Gasteiger partial charge in [-0.15, -0.1) is 0 Å². The first-order chi connectivity index (χ1) is 7.15. The van der Waals surface area contributed by atoms with E-state index in [0.29, 0.717) is 0 Å². The van der Waals surface area contributed by atoms with Crippen molar-refractivity contribution in [1.82, 2.24) is 0 Å². The number of rotatable bonds is 2. The molecule has 1 fully saturated rings. The highest BCUT2D eigenvalue weighted by atomic mass is 19.1. The molecule has 2 N–H and O–H groups in total. The summed E-state index contributed by atoms with van der Waals surface area (Å²) in [5, 5.41) is 0. The molecule has 0 aliphatic heterocycles. The number of nitrogens with two attached hydrogens (primary N) is 1. The minimum atomic E-state index is -0.628. The predicted octanol–water partition coefficient (Wildman–Crippen LogP) is 2.22. The molecule has 0 spiro atoms. The van der Waals surface area contributed by atoms with Crippen molar-refractivity contribution >= 4 is 0 Å². The summed E-state index contributed by atoms with van der Waals surface area (Å²) in [7, 11) is 0. The lowest BCUT2D eigenvalue weighted by molar-refractivity contribution is 0.190. The molecule has 1 saturated carbocycles. The lowest BCUT2D eigenvalue weighted by Crippen LogP contribution is -2.33. The largest absolute Gasteiger partial charge is 0.489 e. The summed E-state index contributed by atoms with van der Waals surface area (Å²) >= 11 is 0. The van der Waals surface area contributed by atoms with Gasteiger partial charge in [-0.25, -0.2) is 8.78 Å². The molecule has 0 radical (unpaired) electrons. The Bertz CT molecular complexity index is 336. The minimum Gasteiger partial charge on any atom is -0.489 e.